The Hall–Kier alpha value is -1.94. The van der Waals surface area contributed by atoms with Crippen molar-refractivity contribution in [2.75, 3.05) is 0 Å². The quantitative estimate of drug-likeness (QED) is 0.592. The van der Waals surface area contributed by atoms with Crippen molar-refractivity contribution in [1.29, 1.82) is 0 Å². The zero-order valence-corrected chi connectivity index (χ0v) is 8.89. The van der Waals surface area contributed by atoms with E-state index >= 15 is 0 Å². The summed E-state index contributed by atoms with van der Waals surface area (Å²) in [6.07, 6.45) is 1.60. The van der Waals surface area contributed by atoms with Crippen molar-refractivity contribution in [2.24, 2.45) is 0 Å². The molecule has 1 aromatic carbocycles. The lowest BCUT2D eigenvalue weighted by atomic mass is 10.1. The predicted molar refractivity (Wildman–Crippen MR) is 61.3 cm³/mol. The Labute approximate surface area is 96.7 Å². The molecule has 5 heteroatoms. The van der Waals surface area contributed by atoms with Crippen LogP contribution < -0.4 is 0 Å². The maximum absolute atomic E-state index is 10.6. The van der Waals surface area contributed by atoms with Gasteiger partial charge in [-0.15, -0.1) is 0 Å². The first-order valence-electron chi connectivity index (χ1n) is 4.54. The summed E-state index contributed by atoms with van der Waals surface area (Å²) in [4.78, 5) is 14.3. The molecule has 0 amide bonds. The topological polar surface area (TPSA) is 56.0 Å². The van der Waals surface area contributed by atoms with Crippen molar-refractivity contribution >= 4 is 17.3 Å². The van der Waals surface area contributed by atoms with Gasteiger partial charge in [0.2, 0.25) is 0 Å². The van der Waals surface area contributed by atoms with Gasteiger partial charge in [0, 0.05) is 23.9 Å². The number of nitro benzene ring substituents is 1. The molecule has 4 nitrogen and oxygen atoms in total. The molecule has 0 N–H and O–H groups in total. The number of pyridine rings is 1. The fraction of sp³-hybridized carbons (Fsp3) is 0. The number of non-ortho nitro benzene ring substituents is 1. The number of aromatic nitrogens is 1. The molecule has 1 aromatic heterocycles. The summed E-state index contributed by atoms with van der Waals surface area (Å²) in [5.41, 5.74) is 1.21. The first-order chi connectivity index (χ1) is 7.68. The van der Waals surface area contributed by atoms with Gasteiger partial charge in [-0.05, 0) is 12.1 Å². The van der Waals surface area contributed by atoms with Gasteiger partial charge in [-0.3, -0.25) is 15.1 Å². The Kier molecular flexibility index (Phi) is 2.83. The van der Waals surface area contributed by atoms with E-state index in [1.54, 1.807) is 30.5 Å². The van der Waals surface area contributed by atoms with Crippen LogP contribution in [0.2, 0.25) is 5.02 Å². The van der Waals surface area contributed by atoms with Crippen molar-refractivity contribution in [2.45, 2.75) is 0 Å². The standard InChI is InChI=1S/C11H7ClN2O2/c12-10-5-2-6-13-11(10)8-3-1-4-9(7-8)14(15)16/h1-7H. The van der Waals surface area contributed by atoms with E-state index in [1.165, 1.54) is 12.1 Å². The van der Waals surface area contributed by atoms with Crippen LogP contribution in [0.5, 0.6) is 0 Å². The number of nitrogens with zero attached hydrogens (tertiary/aromatic N) is 2. The molecular formula is C11H7ClN2O2. The van der Waals surface area contributed by atoms with Gasteiger partial charge in [0.1, 0.15) is 0 Å². The molecule has 0 radical (unpaired) electrons. The van der Waals surface area contributed by atoms with Gasteiger partial charge in [0.05, 0.1) is 15.6 Å². The highest BCUT2D eigenvalue weighted by atomic mass is 35.5. The molecule has 0 unspecified atom stereocenters. The molecule has 0 fully saturated rings. The minimum absolute atomic E-state index is 0.0271. The highest BCUT2D eigenvalue weighted by molar-refractivity contribution is 6.33. The van der Waals surface area contributed by atoms with Crippen LogP contribution in [0.4, 0.5) is 5.69 Å². The van der Waals surface area contributed by atoms with E-state index in [2.05, 4.69) is 4.98 Å². The van der Waals surface area contributed by atoms with Crippen LogP contribution in [-0.2, 0) is 0 Å². The molecular weight excluding hydrogens is 228 g/mol. The van der Waals surface area contributed by atoms with E-state index in [1.807, 2.05) is 0 Å². The summed E-state index contributed by atoms with van der Waals surface area (Å²) in [6, 6.07) is 9.64. The molecule has 0 aliphatic heterocycles. The summed E-state index contributed by atoms with van der Waals surface area (Å²) in [7, 11) is 0. The Morgan fingerprint density at radius 3 is 2.75 bits per heavy atom. The van der Waals surface area contributed by atoms with Gasteiger partial charge in [0.15, 0.2) is 0 Å². The minimum atomic E-state index is -0.444. The predicted octanol–water partition coefficient (Wildman–Crippen LogP) is 3.31. The molecule has 1 heterocycles. The van der Waals surface area contributed by atoms with Crippen LogP contribution in [0.3, 0.4) is 0 Å². The number of benzene rings is 1. The van der Waals surface area contributed by atoms with E-state index in [4.69, 9.17) is 11.6 Å². The second kappa shape index (κ2) is 4.28. The second-order valence-corrected chi connectivity index (χ2v) is 3.55. The summed E-state index contributed by atoms with van der Waals surface area (Å²) < 4.78 is 0. The Bertz CT molecular complexity index is 543. The summed E-state index contributed by atoms with van der Waals surface area (Å²) >= 11 is 5.96. The lowest BCUT2D eigenvalue weighted by molar-refractivity contribution is -0.384. The zero-order chi connectivity index (χ0) is 11.5. The Morgan fingerprint density at radius 2 is 2.06 bits per heavy atom. The Balaban J connectivity index is 2.53. The molecule has 0 bridgehead atoms. The summed E-state index contributed by atoms with van der Waals surface area (Å²) in [5.74, 6) is 0. The van der Waals surface area contributed by atoms with Crippen LogP contribution in [-0.4, -0.2) is 9.91 Å². The van der Waals surface area contributed by atoms with Crippen molar-refractivity contribution in [3.63, 3.8) is 0 Å². The molecule has 2 rings (SSSR count). The average molecular weight is 235 g/mol. The van der Waals surface area contributed by atoms with Crippen LogP contribution in [0.15, 0.2) is 42.6 Å². The van der Waals surface area contributed by atoms with Gasteiger partial charge in [-0.2, -0.15) is 0 Å². The highest BCUT2D eigenvalue weighted by Gasteiger charge is 2.09. The average Bonchev–Trinajstić information content (AvgIpc) is 2.30. The molecule has 80 valence electrons. The van der Waals surface area contributed by atoms with Crippen LogP contribution in [0.25, 0.3) is 11.3 Å². The minimum Gasteiger partial charge on any atom is -0.258 e. The van der Waals surface area contributed by atoms with Crippen molar-refractivity contribution in [1.82, 2.24) is 4.98 Å². The lowest BCUT2D eigenvalue weighted by Gasteiger charge is -2.02. The molecule has 0 aliphatic rings. The van der Waals surface area contributed by atoms with Crippen LogP contribution >= 0.6 is 11.6 Å². The van der Waals surface area contributed by atoms with Crippen molar-refractivity contribution < 1.29 is 4.92 Å². The van der Waals surface area contributed by atoms with E-state index in [0.717, 1.165) is 0 Å². The number of hydrogen-bond acceptors (Lipinski definition) is 3. The largest absolute Gasteiger partial charge is 0.270 e. The van der Waals surface area contributed by atoms with Gasteiger partial charge >= 0.3 is 0 Å². The number of halogens is 1. The fourth-order valence-corrected chi connectivity index (χ4v) is 1.60. The van der Waals surface area contributed by atoms with Crippen molar-refractivity contribution in [3.05, 3.63) is 57.7 Å². The molecule has 0 atom stereocenters. The van der Waals surface area contributed by atoms with Crippen LogP contribution in [0, 0.1) is 10.1 Å². The highest BCUT2D eigenvalue weighted by Crippen LogP contribution is 2.27. The first kappa shape index (κ1) is 10.6. The van der Waals surface area contributed by atoms with Crippen molar-refractivity contribution in [3.8, 4) is 11.3 Å². The van der Waals surface area contributed by atoms with Gasteiger partial charge < -0.3 is 0 Å². The molecule has 16 heavy (non-hydrogen) atoms. The zero-order valence-electron chi connectivity index (χ0n) is 8.13. The smallest absolute Gasteiger partial charge is 0.258 e. The SMILES string of the molecule is O=[N+]([O-])c1cccc(-c2ncccc2Cl)c1. The normalized spacial score (nSPS) is 10.1. The first-order valence-corrected chi connectivity index (χ1v) is 4.91. The van der Waals surface area contributed by atoms with E-state index in [-0.39, 0.29) is 5.69 Å². The Morgan fingerprint density at radius 1 is 1.25 bits per heavy atom. The lowest BCUT2D eigenvalue weighted by Crippen LogP contribution is -1.89. The third-order valence-corrected chi connectivity index (χ3v) is 2.39. The fourth-order valence-electron chi connectivity index (χ4n) is 1.36. The van der Waals surface area contributed by atoms with Gasteiger partial charge in [-0.25, -0.2) is 0 Å². The van der Waals surface area contributed by atoms with E-state index < -0.39 is 4.92 Å². The van der Waals surface area contributed by atoms with E-state index in [0.29, 0.717) is 16.3 Å². The third-order valence-electron chi connectivity index (χ3n) is 2.09. The molecule has 2 aromatic rings. The third kappa shape index (κ3) is 2.01. The van der Waals surface area contributed by atoms with E-state index in [9.17, 15) is 10.1 Å². The van der Waals surface area contributed by atoms with Gasteiger partial charge in [0.25, 0.3) is 5.69 Å². The van der Waals surface area contributed by atoms with Gasteiger partial charge in [-0.1, -0.05) is 23.7 Å². The number of hydrogen-bond donors (Lipinski definition) is 0. The second-order valence-electron chi connectivity index (χ2n) is 3.14. The summed E-state index contributed by atoms with van der Waals surface area (Å²) in [6.45, 7) is 0. The molecule has 0 aliphatic carbocycles. The molecule has 0 saturated carbocycles. The number of rotatable bonds is 2. The number of nitro groups is 1. The van der Waals surface area contributed by atoms with Crippen LogP contribution in [0.1, 0.15) is 0 Å². The molecule has 0 saturated heterocycles. The maximum atomic E-state index is 10.6. The molecule has 0 spiro atoms. The summed E-state index contributed by atoms with van der Waals surface area (Å²) in [5, 5.41) is 11.1. The monoisotopic (exact) mass is 234 g/mol. The maximum Gasteiger partial charge on any atom is 0.270 e.